The highest BCUT2D eigenvalue weighted by Crippen LogP contribution is 2.49. The van der Waals surface area contributed by atoms with Crippen molar-refractivity contribution >= 4 is 17.7 Å². The van der Waals surface area contributed by atoms with Crippen LogP contribution in [0.1, 0.15) is 96.5 Å². The molecule has 2 saturated carbocycles. The zero-order valence-corrected chi connectivity index (χ0v) is 22.8. The zero-order valence-electron chi connectivity index (χ0n) is 22.8. The molecule has 1 amide bonds. The minimum absolute atomic E-state index is 0.0904. The second kappa shape index (κ2) is 9.26. The molecule has 198 valence electrons. The molecule has 0 spiro atoms. The Morgan fingerprint density at radius 2 is 1.68 bits per heavy atom. The van der Waals surface area contributed by atoms with Crippen molar-refractivity contribution in [2.75, 3.05) is 0 Å². The molecule has 5 rings (SSSR count). The Morgan fingerprint density at radius 3 is 2.26 bits per heavy atom. The van der Waals surface area contributed by atoms with Crippen LogP contribution < -0.4 is 5.32 Å². The molecule has 2 fully saturated rings. The van der Waals surface area contributed by atoms with Crippen molar-refractivity contribution in [1.29, 1.82) is 0 Å². The van der Waals surface area contributed by atoms with Crippen LogP contribution in [0.15, 0.2) is 54.7 Å². The molecule has 1 aromatic heterocycles. The van der Waals surface area contributed by atoms with Gasteiger partial charge in [0.1, 0.15) is 0 Å². The van der Waals surface area contributed by atoms with Gasteiger partial charge in [-0.2, -0.15) is 0 Å². The van der Waals surface area contributed by atoms with Crippen molar-refractivity contribution in [3.8, 4) is 5.69 Å². The van der Waals surface area contributed by atoms with Gasteiger partial charge in [0.15, 0.2) is 0 Å². The Labute approximate surface area is 224 Å². The molecule has 0 aliphatic heterocycles. The number of aromatic nitrogens is 1. The Kier molecular flexibility index (Phi) is 6.33. The third kappa shape index (κ3) is 4.80. The zero-order chi connectivity index (χ0) is 27.4. The summed E-state index contributed by atoms with van der Waals surface area (Å²) in [5, 5.41) is 12.2. The normalized spacial score (nSPS) is 19.9. The number of hydrogen-bond donors (Lipinski definition) is 2. The number of carbonyl (C=O) groups excluding carboxylic acids is 2. The van der Waals surface area contributed by atoms with E-state index >= 15 is 0 Å². The maximum atomic E-state index is 13.9. The van der Waals surface area contributed by atoms with Gasteiger partial charge >= 0.3 is 5.97 Å². The van der Waals surface area contributed by atoms with Crippen LogP contribution in [0.4, 0.5) is 0 Å². The van der Waals surface area contributed by atoms with Crippen LogP contribution in [0.2, 0.25) is 0 Å². The molecule has 3 aromatic rings. The van der Waals surface area contributed by atoms with Crippen LogP contribution >= 0.6 is 0 Å². The van der Waals surface area contributed by atoms with Gasteiger partial charge in [-0.3, -0.25) is 14.4 Å². The van der Waals surface area contributed by atoms with Crippen LogP contribution in [0.25, 0.3) is 5.69 Å². The summed E-state index contributed by atoms with van der Waals surface area (Å²) in [6.07, 6.45) is 4.88. The summed E-state index contributed by atoms with van der Waals surface area (Å²) >= 11 is 0. The van der Waals surface area contributed by atoms with E-state index in [-0.39, 0.29) is 28.6 Å². The Morgan fingerprint density at radius 1 is 1.03 bits per heavy atom. The summed E-state index contributed by atoms with van der Waals surface area (Å²) in [6.45, 7) is 10.6. The highest BCUT2D eigenvalue weighted by Gasteiger charge is 2.40. The van der Waals surface area contributed by atoms with Crippen molar-refractivity contribution in [3.05, 3.63) is 88.2 Å². The fourth-order valence-corrected chi connectivity index (χ4v) is 5.25. The number of carbonyl (C=O) groups is 3. The molecule has 0 unspecified atom stereocenters. The minimum atomic E-state index is -0.826. The molecule has 0 atom stereocenters. The van der Waals surface area contributed by atoms with Crippen molar-refractivity contribution in [2.24, 2.45) is 5.92 Å². The minimum Gasteiger partial charge on any atom is -0.481 e. The number of carboxylic acid groups (broad SMARTS) is 1. The molecule has 2 aromatic carbocycles. The molecule has 38 heavy (non-hydrogen) atoms. The van der Waals surface area contributed by atoms with Crippen LogP contribution in [0.5, 0.6) is 0 Å². The molecule has 0 radical (unpaired) electrons. The number of rotatable bonds is 7. The highest BCUT2D eigenvalue weighted by atomic mass is 16.4. The number of aliphatic carboxylic acids is 1. The van der Waals surface area contributed by atoms with Crippen molar-refractivity contribution in [1.82, 2.24) is 9.88 Å². The van der Waals surface area contributed by atoms with E-state index in [9.17, 15) is 19.5 Å². The van der Waals surface area contributed by atoms with Gasteiger partial charge in [-0.25, -0.2) is 0 Å². The number of carboxylic acids is 1. The first-order valence-corrected chi connectivity index (χ1v) is 13.4. The number of amides is 1. The van der Waals surface area contributed by atoms with E-state index in [1.165, 1.54) is 11.1 Å². The van der Waals surface area contributed by atoms with E-state index in [2.05, 4.69) is 51.2 Å². The second-order valence-corrected chi connectivity index (χ2v) is 12.3. The van der Waals surface area contributed by atoms with Gasteiger partial charge in [0, 0.05) is 23.5 Å². The standard InChI is InChI=1S/C32H36N2O4/c1-19-26(29(36)33-24-13-21(14-24)30(37)38)18-34(27(19)28(35)20-9-7-6-8-10-20)25-16-22(31(2,3)4)15-23(17-25)32(5)11-12-32/h6-10,15-18,21,24H,11-14H2,1-5H3,(H,33,36)(H,37,38)/t21-,24-. The SMILES string of the molecule is Cc1c(C(=O)N[C@H]2C[C@H](C(=O)O)C2)cn(-c2cc(C(C)(C)C)cc(C3(C)CC3)c2)c1C(=O)c1ccccc1. The van der Waals surface area contributed by atoms with Gasteiger partial charge < -0.3 is 15.0 Å². The van der Waals surface area contributed by atoms with Crippen LogP contribution in [0.3, 0.4) is 0 Å². The number of hydrogen-bond acceptors (Lipinski definition) is 3. The largest absolute Gasteiger partial charge is 0.481 e. The van der Waals surface area contributed by atoms with Crippen LogP contribution in [0, 0.1) is 12.8 Å². The number of nitrogens with one attached hydrogen (secondary N) is 1. The van der Waals surface area contributed by atoms with Gasteiger partial charge in [0.05, 0.1) is 17.2 Å². The van der Waals surface area contributed by atoms with Gasteiger partial charge in [-0.15, -0.1) is 0 Å². The van der Waals surface area contributed by atoms with Gasteiger partial charge in [0.2, 0.25) is 5.78 Å². The van der Waals surface area contributed by atoms with Crippen LogP contribution in [-0.2, 0) is 15.6 Å². The van der Waals surface area contributed by atoms with Crippen LogP contribution in [-0.4, -0.2) is 33.4 Å². The molecule has 1 heterocycles. The topological polar surface area (TPSA) is 88.4 Å². The van der Waals surface area contributed by atoms with Gasteiger partial charge in [0.25, 0.3) is 5.91 Å². The Hall–Kier alpha value is -3.67. The molecular weight excluding hydrogens is 476 g/mol. The number of nitrogens with zero attached hydrogens (tertiary/aromatic N) is 1. The molecule has 2 aliphatic carbocycles. The predicted octanol–water partition coefficient (Wildman–Crippen LogP) is 5.96. The summed E-state index contributed by atoms with van der Waals surface area (Å²) < 4.78 is 1.88. The van der Waals surface area contributed by atoms with E-state index in [0.717, 1.165) is 18.5 Å². The predicted molar refractivity (Wildman–Crippen MR) is 147 cm³/mol. The van der Waals surface area contributed by atoms with E-state index in [4.69, 9.17) is 0 Å². The maximum absolute atomic E-state index is 13.9. The fraction of sp³-hybridized carbons (Fsp3) is 0.406. The third-order valence-corrected chi connectivity index (χ3v) is 8.34. The summed E-state index contributed by atoms with van der Waals surface area (Å²) in [7, 11) is 0. The fourth-order valence-electron chi connectivity index (χ4n) is 5.25. The Balaban J connectivity index is 1.61. The summed E-state index contributed by atoms with van der Waals surface area (Å²) in [5.74, 6) is -1.66. The lowest BCUT2D eigenvalue weighted by Crippen LogP contribution is -2.46. The van der Waals surface area contributed by atoms with Gasteiger partial charge in [-0.05, 0) is 72.3 Å². The summed E-state index contributed by atoms with van der Waals surface area (Å²) in [6, 6.07) is 15.5. The smallest absolute Gasteiger partial charge is 0.306 e. The molecule has 2 aliphatic rings. The van der Waals surface area contributed by atoms with E-state index < -0.39 is 11.9 Å². The summed E-state index contributed by atoms with van der Waals surface area (Å²) in [5.41, 5.74) is 5.43. The van der Waals surface area contributed by atoms with Gasteiger partial charge in [-0.1, -0.05) is 64.1 Å². The molecule has 0 bridgehead atoms. The average Bonchev–Trinajstić information content (AvgIpc) is 3.51. The first kappa shape index (κ1) is 26.0. The lowest BCUT2D eigenvalue weighted by molar-refractivity contribution is -0.145. The molecule has 6 nitrogen and oxygen atoms in total. The first-order chi connectivity index (χ1) is 17.9. The van der Waals surface area contributed by atoms with E-state index in [0.29, 0.717) is 35.2 Å². The molecule has 6 heteroatoms. The average molecular weight is 513 g/mol. The highest BCUT2D eigenvalue weighted by molar-refractivity contribution is 6.11. The van der Waals surface area contributed by atoms with E-state index in [1.54, 1.807) is 18.3 Å². The Bertz CT molecular complexity index is 1390. The van der Waals surface area contributed by atoms with Crippen molar-refractivity contribution in [2.45, 2.75) is 77.2 Å². The molecule has 2 N–H and O–H groups in total. The van der Waals surface area contributed by atoms with Crippen molar-refractivity contribution < 1.29 is 19.5 Å². The number of benzene rings is 2. The van der Waals surface area contributed by atoms with Crippen molar-refractivity contribution in [3.63, 3.8) is 0 Å². The number of ketones is 1. The quantitative estimate of drug-likeness (QED) is 0.383. The third-order valence-electron chi connectivity index (χ3n) is 8.34. The molecule has 0 saturated heterocycles. The monoisotopic (exact) mass is 512 g/mol. The first-order valence-electron chi connectivity index (χ1n) is 13.4. The maximum Gasteiger partial charge on any atom is 0.306 e. The lowest BCUT2D eigenvalue weighted by Gasteiger charge is -2.32. The summed E-state index contributed by atoms with van der Waals surface area (Å²) in [4.78, 5) is 38.4. The second-order valence-electron chi connectivity index (χ2n) is 12.3. The van der Waals surface area contributed by atoms with E-state index in [1.807, 2.05) is 29.7 Å². The molecular formula is C32H36N2O4. The lowest BCUT2D eigenvalue weighted by atomic mass is 9.80.